The fourth-order valence-corrected chi connectivity index (χ4v) is 15.5. The van der Waals surface area contributed by atoms with Crippen LogP contribution in [0.25, 0.3) is 114 Å². The van der Waals surface area contributed by atoms with Crippen molar-refractivity contribution in [3.8, 4) is 111 Å². The molecule has 0 bridgehead atoms. The molecule has 18 rings (SSSR count). The van der Waals surface area contributed by atoms with Crippen molar-refractivity contribution < 1.29 is 59.9 Å². The molecule has 6 aromatic carbocycles. The Kier molecular flexibility index (Phi) is 18.7. The van der Waals surface area contributed by atoms with Crippen molar-refractivity contribution in [2.24, 2.45) is 0 Å². The number of furan rings is 3. The van der Waals surface area contributed by atoms with E-state index in [1.54, 1.807) is 102 Å². The van der Waals surface area contributed by atoms with Gasteiger partial charge in [0.1, 0.15) is 109 Å². The van der Waals surface area contributed by atoms with Gasteiger partial charge in [-0.25, -0.2) is 52.2 Å². The summed E-state index contributed by atoms with van der Waals surface area (Å²) in [6, 6.07) is 43.1. The van der Waals surface area contributed by atoms with Gasteiger partial charge in [0.2, 0.25) is 14.9 Å². The molecule has 31 heteroatoms. The Balaban J connectivity index is 0.000000120. The summed E-state index contributed by atoms with van der Waals surface area (Å²) in [7, 11) is 7.96. The largest absolute Gasteiger partial charge is 0.496 e. The third-order valence-electron chi connectivity index (χ3n) is 15.9. The van der Waals surface area contributed by atoms with Crippen LogP contribution < -0.4 is 37.9 Å². The van der Waals surface area contributed by atoms with Gasteiger partial charge >= 0.3 is 0 Å². The molecule has 18 aromatic rings. The first-order valence-electron chi connectivity index (χ1n) is 31.6. The number of alkyl halides is 1. The maximum absolute atomic E-state index is 13.6. The molecule has 0 aliphatic carbocycles. The molecule has 522 valence electrons. The number of rotatable bonds is 21. The molecule has 0 N–H and O–H groups in total. The second-order valence-corrected chi connectivity index (χ2v) is 28.1. The number of nitrogens with zero attached hydrogens (tertiary/aromatic N) is 12. The van der Waals surface area contributed by atoms with Gasteiger partial charge in [-0.3, -0.25) is 0 Å². The zero-order valence-corrected chi connectivity index (χ0v) is 60.4. The monoisotopic (exact) mass is 1500 g/mol. The van der Waals surface area contributed by atoms with Gasteiger partial charge in [0.25, 0.3) is 10.4 Å². The van der Waals surface area contributed by atoms with Crippen LogP contribution in [0.4, 0.5) is 8.78 Å². The quantitative estimate of drug-likeness (QED) is 0.0649. The summed E-state index contributed by atoms with van der Waals surface area (Å²) in [4.78, 5) is 29.8. The molecule has 0 fully saturated rings. The fourth-order valence-electron chi connectivity index (χ4n) is 10.8. The normalized spacial score (nSPS) is 11.7. The fraction of sp³-hybridized carbons (Fsp3) is 0.137. The summed E-state index contributed by atoms with van der Waals surface area (Å²) in [5, 5.41) is 25.4. The minimum atomic E-state index is -1.13. The molecular formula is C73H54F2N12O11S6. The van der Waals surface area contributed by atoms with Crippen molar-refractivity contribution in [1.29, 1.82) is 0 Å². The predicted molar refractivity (Wildman–Crippen MR) is 396 cm³/mol. The number of methoxy groups -OCH3 is 5. The van der Waals surface area contributed by atoms with Crippen LogP contribution >= 0.6 is 68.0 Å². The maximum Gasteiger partial charge on any atom is 0.294 e. The minimum absolute atomic E-state index is 0.254. The Morgan fingerprint density at radius 2 is 0.769 bits per heavy atom. The van der Waals surface area contributed by atoms with Gasteiger partial charge in [-0.15, -0.1) is 44.2 Å². The van der Waals surface area contributed by atoms with E-state index in [0.717, 1.165) is 69.9 Å². The number of thiazole rings is 3. The van der Waals surface area contributed by atoms with Crippen molar-refractivity contribution >= 4 is 116 Å². The lowest BCUT2D eigenvalue weighted by atomic mass is 10.2. The molecule has 0 spiro atoms. The molecule has 0 radical (unpaired) electrons. The summed E-state index contributed by atoms with van der Waals surface area (Å²) in [5.41, 5.74) is 9.30. The number of benzene rings is 6. The molecule has 0 aliphatic heterocycles. The SMILES string of the molecule is COc1cc(OCc2csc(-c3ccc(F)cc3)n2)c2cc(-c3cn4nc(OC)sc4n3)oc2c1.COc1cc(OCc2csc(-c3ccccc3)n2)c2cc(-c3cn4nc(OC)sc4n3)oc2c1.COc1cc(OCc2csc(-c3ccccc3)n2)c2cc(-c3cn4nc([C@H](C)F)sc4n3)oc2c1. The third-order valence-corrected chi connectivity index (χ3v) is 21.6. The molecule has 23 nitrogen and oxygen atoms in total. The van der Waals surface area contributed by atoms with Gasteiger partial charge in [-0.05, 0) is 72.1 Å². The van der Waals surface area contributed by atoms with Gasteiger partial charge in [0.05, 0.1) is 87.4 Å². The highest BCUT2D eigenvalue weighted by atomic mass is 32.1. The zero-order valence-electron chi connectivity index (χ0n) is 55.5. The van der Waals surface area contributed by atoms with Crippen LogP contribution in [0.15, 0.2) is 188 Å². The van der Waals surface area contributed by atoms with E-state index in [2.05, 4.69) is 35.2 Å². The molecule has 104 heavy (non-hydrogen) atoms. The Labute approximate surface area is 611 Å². The molecule has 0 aliphatic rings. The van der Waals surface area contributed by atoms with Crippen molar-refractivity contribution in [2.75, 3.05) is 35.5 Å². The van der Waals surface area contributed by atoms with Gasteiger partial charge in [-0.1, -0.05) is 72.0 Å². The molecule has 0 saturated carbocycles. The molecule has 1 atom stereocenters. The zero-order chi connectivity index (χ0) is 71.0. The average Bonchev–Trinajstić information content (AvgIpc) is 1.66. The highest BCUT2D eigenvalue weighted by molar-refractivity contribution is 7.18. The standard InChI is InChI=1S/C25H19FN4O3S2.C24H17FN4O4S2.C24H18N4O4S2/c1-14(26)23-29-30-11-19(28-25(30)35-23)22-10-18-20(8-17(31-2)9-21(18)33-22)32-12-16-13-34-24(27-16)15-6-4-3-5-7-15;1-30-16-7-19(32-11-15-12-34-22(26-15)13-3-5-14(25)6-4-13)17-9-21(33-20(17)8-16)18-10-29-23(27-18)35-24(28-29)31-2;1-29-16-8-19(31-12-15-13-33-22(25-15)14-6-4-3-5-7-14)17-10-21(32-20(17)9-16)18-11-28-23(26-18)34-24(27-28)30-2/h3-11,13-14H,12H2,1-2H3;3-10,12H,11H2,1-2H3;3-11,13H,12H2,1-2H3/t14-;;/m0../s1. The van der Waals surface area contributed by atoms with E-state index in [1.165, 1.54) is 64.4 Å². The number of imidazole rings is 3. The van der Waals surface area contributed by atoms with Crippen LogP contribution in [-0.2, 0) is 19.8 Å². The molecule has 12 heterocycles. The van der Waals surface area contributed by atoms with Crippen LogP contribution in [0.1, 0.15) is 35.2 Å². The Bertz CT molecular complexity index is 5950. The summed E-state index contributed by atoms with van der Waals surface area (Å²) in [6.45, 7) is 2.35. The first kappa shape index (κ1) is 66.9. The first-order chi connectivity index (χ1) is 50.9. The lowest BCUT2D eigenvalue weighted by Gasteiger charge is -2.07. The highest BCUT2D eigenvalue weighted by Gasteiger charge is 2.23. The second-order valence-electron chi connectivity index (χ2n) is 22.7. The van der Waals surface area contributed by atoms with E-state index in [9.17, 15) is 8.78 Å². The van der Waals surface area contributed by atoms with Gasteiger partial charge in [-0.2, -0.15) is 5.10 Å². The number of hydrogen-bond donors (Lipinski definition) is 0. The number of halogens is 2. The van der Waals surface area contributed by atoms with Crippen molar-refractivity contribution in [3.05, 3.63) is 202 Å². The Hall–Kier alpha value is -11.6. The van der Waals surface area contributed by atoms with Gasteiger partial charge < -0.3 is 51.1 Å². The molecular weight excluding hydrogens is 1450 g/mol. The van der Waals surface area contributed by atoms with E-state index < -0.39 is 6.17 Å². The van der Waals surface area contributed by atoms with Crippen molar-refractivity contribution in [3.63, 3.8) is 0 Å². The lowest BCUT2D eigenvalue weighted by molar-refractivity contribution is 0.303. The van der Waals surface area contributed by atoms with E-state index in [-0.39, 0.29) is 12.4 Å². The van der Waals surface area contributed by atoms with Crippen LogP contribution in [0, 0.1) is 5.82 Å². The summed E-state index contributed by atoms with van der Waals surface area (Å²) in [5.74, 6) is 5.23. The number of ether oxygens (including phenoxy) is 8. The predicted octanol–water partition coefficient (Wildman–Crippen LogP) is 18.9. The van der Waals surface area contributed by atoms with E-state index >= 15 is 0 Å². The Morgan fingerprint density at radius 1 is 0.413 bits per heavy atom. The van der Waals surface area contributed by atoms with Gasteiger partial charge in [0, 0.05) is 69.2 Å². The molecule has 12 aromatic heterocycles. The molecule has 0 amide bonds. The first-order valence-corrected chi connectivity index (χ1v) is 36.7. The topological polar surface area (TPSA) is 242 Å². The minimum Gasteiger partial charge on any atom is -0.496 e. The van der Waals surface area contributed by atoms with Crippen molar-refractivity contribution in [2.45, 2.75) is 32.9 Å². The van der Waals surface area contributed by atoms with Crippen LogP contribution in [0.5, 0.6) is 44.9 Å². The molecule has 0 unspecified atom stereocenters. The van der Waals surface area contributed by atoms with Crippen LogP contribution in [0.3, 0.4) is 0 Å². The number of fused-ring (bicyclic) bond motifs is 6. The summed E-state index contributed by atoms with van der Waals surface area (Å²) >= 11 is 8.58. The maximum atomic E-state index is 13.6. The number of aromatic nitrogens is 12. The van der Waals surface area contributed by atoms with E-state index in [0.29, 0.717) is 124 Å². The van der Waals surface area contributed by atoms with Crippen LogP contribution in [-0.4, -0.2) is 94.3 Å². The lowest BCUT2D eigenvalue weighted by Crippen LogP contribution is -1.97. The molecule has 0 saturated heterocycles. The highest BCUT2D eigenvalue weighted by Crippen LogP contribution is 2.42. The average molecular weight is 1510 g/mol. The van der Waals surface area contributed by atoms with Gasteiger partial charge in [0.15, 0.2) is 28.5 Å². The third kappa shape index (κ3) is 14.1. The summed E-state index contributed by atoms with van der Waals surface area (Å²) in [6.07, 6.45) is 4.19. The van der Waals surface area contributed by atoms with Crippen LogP contribution in [0.2, 0.25) is 0 Å². The smallest absolute Gasteiger partial charge is 0.294 e. The van der Waals surface area contributed by atoms with Crippen molar-refractivity contribution in [1.82, 2.24) is 58.7 Å². The van der Waals surface area contributed by atoms with E-state index in [4.69, 9.17) is 61.1 Å². The van der Waals surface area contributed by atoms with E-state index in [1.807, 2.05) is 132 Å². The Morgan fingerprint density at radius 3 is 1.11 bits per heavy atom. The number of hydrogen-bond acceptors (Lipinski definition) is 26. The second kappa shape index (κ2) is 29.0. The summed E-state index contributed by atoms with van der Waals surface area (Å²) < 4.78 is 95.1.